The second kappa shape index (κ2) is 15.8. The lowest BCUT2D eigenvalue weighted by Crippen LogP contribution is -2.49. The van der Waals surface area contributed by atoms with E-state index >= 15 is 4.79 Å². The minimum absolute atomic E-state index is 0.0684. The van der Waals surface area contributed by atoms with Gasteiger partial charge in [0.05, 0.1) is 41.2 Å². The molecule has 2 aliphatic rings. The molecule has 0 radical (unpaired) electrons. The van der Waals surface area contributed by atoms with Crippen molar-refractivity contribution in [2.45, 2.75) is 103 Å². The van der Waals surface area contributed by atoms with Crippen LogP contribution in [0.5, 0.6) is 5.88 Å². The normalized spacial score (nSPS) is 19.9. The Bertz CT molecular complexity index is 2400. The van der Waals surface area contributed by atoms with E-state index in [2.05, 4.69) is 53.9 Å². The van der Waals surface area contributed by atoms with Gasteiger partial charge in [0.15, 0.2) is 5.65 Å². The number of rotatable bonds is 7. The van der Waals surface area contributed by atoms with Crippen LogP contribution in [-0.4, -0.2) is 70.1 Å². The summed E-state index contributed by atoms with van der Waals surface area (Å²) < 4.78 is 44.9. The summed E-state index contributed by atoms with van der Waals surface area (Å²) in [7, 11) is -0.476. The number of carbonyl (C=O) groups is 1. The van der Waals surface area contributed by atoms with Crippen LogP contribution in [0.3, 0.4) is 0 Å². The molecular formula is C44H55N7O5S. The van der Waals surface area contributed by atoms with Gasteiger partial charge in [-0.25, -0.2) is 23.1 Å². The standard InChI is InChI=1S/C44H55N7O5S/c1-26(2)21-29-15-12-18-35(34-24-45-39-32(19-20-55-9)40(44(5,6)7)50(8)41(39)46-34)51-36(29)25-56-37-23-33(38-27(3)13-10-14-28(38)4)47-43(48-37)49-57(53,54)31-17-11-16-30(22-31)42(51)52/h10-11,13-14,16-17,22-24,26,29,35-36H,12,15,18-21,25H2,1-9H3,(H,47,48,49)/t29-,35?,36-/m0/s1. The minimum atomic E-state index is -4.22. The number of fused-ring (bicyclic) bond motifs is 6. The molecule has 1 unspecified atom stereocenters. The van der Waals surface area contributed by atoms with Gasteiger partial charge in [-0.2, -0.15) is 4.98 Å². The molecule has 1 N–H and O–H groups in total. The summed E-state index contributed by atoms with van der Waals surface area (Å²) in [5.74, 6) is 0.244. The summed E-state index contributed by atoms with van der Waals surface area (Å²) in [4.78, 5) is 36.8. The van der Waals surface area contributed by atoms with Gasteiger partial charge in [-0.3, -0.25) is 9.78 Å². The Morgan fingerprint density at radius 2 is 1.75 bits per heavy atom. The third-order valence-electron chi connectivity index (χ3n) is 11.4. The number of benzene rings is 2. The number of hydrogen-bond donors (Lipinski definition) is 1. The fourth-order valence-corrected chi connectivity index (χ4v) is 10.0. The van der Waals surface area contributed by atoms with Crippen molar-refractivity contribution in [3.8, 4) is 17.1 Å². The Morgan fingerprint density at radius 1 is 1.02 bits per heavy atom. The van der Waals surface area contributed by atoms with Gasteiger partial charge in [-0.05, 0) is 80.7 Å². The summed E-state index contributed by atoms with van der Waals surface area (Å²) in [6.07, 6.45) is 5.77. The van der Waals surface area contributed by atoms with Crippen LogP contribution in [0.4, 0.5) is 5.95 Å². The van der Waals surface area contributed by atoms with Crippen molar-refractivity contribution in [2.24, 2.45) is 18.9 Å². The molecule has 302 valence electrons. The molecule has 3 atom stereocenters. The fraction of sp³-hybridized carbons (Fsp3) is 0.477. The first-order valence-corrected chi connectivity index (χ1v) is 21.4. The van der Waals surface area contributed by atoms with E-state index in [9.17, 15) is 8.42 Å². The Hall–Kier alpha value is -4.88. The highest BCUT2D eigenvalue weighted by Crippen LogP contribution is 2.41. The van der Waals surface area contributed by atoms with Crippen LogP contribution in [0.1, 0.15) is 105 Å². The molecule has 0 spiro atoms. The number of methoxy groups -OCH3 is 1. The lowest BCUT2D eigenvalue weighted by molar-refractivity contribution is 0.0354. The van der Waals surface area contributed by atoms with Crippen LogP contribution in [0.2, 0.25) is 0 Å². The minimum Gasteiger partial charge on any atom is -0.475 e. The van der Waals surface area contributed by atoms with Crippen molar-refractivity contribution in [1.29, 1.82) is 0 Å². The molecule has 4 bridgehead atoms. The second-order valence-electron chi connectivity index (χ2n) is 17.1. The molecular weight excluding hydrogens is 739 g/mol. The maximum atomic E-state index is 15.2. The van der Waals surface area contributed by atoms with Crippen molar-refractivity contribution in [1.82, 2.24) is 29.4 Å². The monoisotopic (exact) mass is 793 g/mol. The highest BCUT2D eigenvalue weighted by atomic mass is 32.2. The van der Waals surface area contributed by atoms with E-state index in [1.807, 2.05) is 50.2 Å². The number of ether oxygens (including phenoxy) is 2. The average molecular weight is 794 g/mol. The Kier molecular flexibility index (Phi) is 11.2. The molecule has 1 fully saturated rings. The van der Waals surface area contributed by atoms with Gasteiger partial charge in [0.2, 0.25) is 11.8 Å². The molecule has 0 saturated carbocycles. The zero-order chi connectivity index (χ0) is 40.8. The molecule has 0 aliphatic carbocycles. The van der Waals surface area contributed by atoms with E-state index in [1.54, 1.807) is 25.3 Å². The van der Waals surface area contributed by atoms with E-state index < -0.39 is 22.1 Å². The van der Waals surface area contributed by atoms with E-state index in [0.29, 0.717) is 36.8 Å². The maximum absolute atomic E-state index is 15.2. The summed E-state index contributed by atoms with van der Waals surface area (Å²) >= 11 is 0. The molecule has 13 heteroatoms. The summed E-state index contributed by atoms with van der Waals surface area (Å²) in [5.41, 5.74) is 7.97. The molecule has 5 aromatic rings. The number of amides is 1. The van der Waals surface area contributed by atoms with Crippen molar-refractivity contribution in [3.63, 3.8) is 0 Å². The Labute approximate surface area is 336 Å². The highest BCUT2D eigenvalue weighted by Gasteiger charge is 2.41. The summed E-state index contributed by atoms with van der Waals surface area (Å²) in [6, 6.07) is 13.1. The fourth-order valence-electron chi connectivity index (χ4n) is 9.05. The molecule has 12 nitrogen and oxygen atoms in total. The molecule has 2 aromatic carbocycles. The molecule has 57 heavy (non-hydrogen) atoms. The largest absolute Gasteiger partial charge is 0.475 e. The van der Waals surface area contributed by atoms with E-state index in [1.165, 1.54) is 12.1 Å². The van der Waals surface area contributed by atoms with Crippen LogP contribution in [0.15, 0.2) is 59.6 Å². The Balaban J connectivity index is 1.42. The number of hydrogen-bond acceptors (Lipinski definition) is 9. The molecule has 7 rings (SSSR count). The quantitative estimate of drug-likeness (QED) is 0.173. The smallest absolute Gasteiger partial charge is 0.264 e. The zero-order valence-corrected chi connectivity index (χ0v) is 35.4. The SMILES string of the molecule is COCCc1c(C(C)(C)C)n(C)c2nc(C3CCC[C@@H](CC(C)C)[C@@H]4COc5cc(-c6c(C)cccc6C)nc(n5)NS(=O)(=O)c5cccc(c5)C(=O)N34)cnc12. The topological polar surface area (TPSA) is 141 Å². The zero-order valence-electron chi connectivity index (χ0n) is 34.6. The van der Waals surface area contributed by atoms with Crippen LogP contribution in [-0.2, 0) is 33.6 Å². The van der Waals surface area contributed by atoms with Crippen molar-refractivity contribution < 1.29 is 22.7 Å². The number of aromatic nitrogens is 5. The molecule has 5 heterocycles. The number of sulfonamides is 1. The molecule has 2 aliphatic heterocycles. The van der Waals surface area contributed by atoms with E-state index in [4.69, 9.17) is 19.4 Å². The number of carbonyl (C=O) groups excluding carboxylic acids is 1. The van der Waals surface area contributed by atoms with Gasteiger partial charge in [0.25, 0.3) is 15.9 Å². The van der Waals surface area contributed by atoms with Crippen molar-refractivity contribution >= 4 is 33.0 Å². The van der Waals surface area contributed by atoms with Gasteiger partial charge in [0, 0.05) is 48.0 Å². The molecule has 3 aromatic heterocycles. The average Bonchev–Trinajstić information content (AvgIpc) is 3.31. The summed E-state index contributed by atoms with van der Waals surface area (Å²) in [5, 5.41) is 0. The third kappa shape index (κ3) is 8.01. The van der Waals surface area contributed by atoms with Gasteiger partial charge >= 0.3 is 0 Å². The lowest BCUT2D eigenvalue weighted by atomic mass is 9.87. The summed E-state index contributed by atoms with van der Waals surface area (Å²) in [6.45, 7) is 15.6. The van der Waals surface area contributed by atoms with Crippen LogP contribution in [0, 0.1) is 25.7 Å². The lowest BCUT2D eigenvalue weighted by Gasteiger charge is -2.39. The van der Waals surface area contributed by atoms with Crippen molar-refractivity contribution in [3.05, 3.63) is 88.4 Å². The van der Waals surface area contributed by atoms with E-state index in [0.717, 1.165) is 58.4 Å². The first-order chi connectivity index (χ1) is 27.1. The van der Waals surface area contributed by atoms with Gasteiger partial charge < -0.3 is 18.9 Å². The number of aryl methyl sites for hydroxylation is 3. The highest BCUT2D eigenvalue weighted by molar-refractivity contribution is 7.92. The van der Waals surface area contributed by atoms with E-state index in [-0.39, 0.29) is 46.1 Å². The molecule has 1 saturated heterocycles. The van der Waals surface area contributed by atoms with Gasteiger partial charge in [-0.1, -0.05) is 65.3 Å². The van der Waals surface area contributed by atoms with Gasteiger partial charge in [0.1, 0.15) is 12.1 Å². The second-order valence-corrected chi connectivity index (χ2v) is 18.8. The third-order valence-corrected chi connectivity index (χ3v) is 12.7. The number of nitrogens with one attached hydrogen (secondary N) is 1. The molecule has 1 amide bonds. The number of nitrogens with zero attached hydrogens (tertiary/aromatic N) is 6. The predicted octanol–water partition coefficient (Wildman–Crippen LogP) is 8.12. The first kappa shape index (κ1) is 40.3. The number of anilines is 1. The predicted molar refractivity (Wildman–Crippen MR) is 222 cm³/mol. The van der Waals surface area contributed by atoms with Crippen molar-refractivity contribution in [2.75, 3.05) is 25.0 Å². The first-order valence-electron chi connectivity index (χ1n) is 19.9. The van der Waals surface area contributed by atoms with Gasteiger partial charge in [-0.15, -0.1) is 0 Å². The maximum Gasteiger partial charge on any atom is 0.264 e. The van der Waals surface area contributed by atoms with Crippen LogP contribution in [0.25, 0.3) is 22.4 Å². The van der Waals surface area contributed by atoms with Crippen LogP contribution >= 0.6 is 0 Å². The Morgan fingerprint density at radius 3 is 2.46 bits per heavy atom. The van der Waals surface area contributed by atoms with Crippen LogP contribution < -0.4 is 9.46 Å².